The van der Waals surface area contributed by atoms with Crippen LogP contribution in [-0.2, 0) is 32.7 Å². The van der Waals surface area contributed by atoms with E-state index in [2.05, 4.69) is 50.3 Å². The lowest BCUT2D eigenvalue weighted by atomic mass is 10.0. The number of nitrogens with zero attached hydrogens (tertiary/aromatic N) is 1. The van der Waals surface area contributed by atoms with Gasteiger partial charge in [-0.3, -0.25) is 14.2 Å². The molecule has 2 atom stereocenters. The van der Waals surface area contributed by atoms with Crippen molar-refractivity contribution in [1.29, 1.82) is 0 Å². The molecule has 478 valence electrons. The fourth-order valence-electron chi connectivity index (χ4n) is 10.5. The molecule has 0 radical (unpaired) electrons. The number of ether oxygens (including phenoxy) is 2. The molecule has 0 aromatic carbocycles. The van der Waals surface area contributed by atoms with E-state index in [1.807, 2.05) is 21.1 Å². The van der Waals surface area contributed by atoms with E-state index < -0.39 is 26.5 Å². The number of quaternary nitrogens is 1. The molecule has 0 heterocycles. The van der Waals surface area contributed by atoms with Gasteiger partial charge in [-0.15, -0.1) is 0 Å². The molecular formula is C71H136NO8P. The summed E-state index contributed by atoms with van der Waals surface area (Å²) in [6.45, 7) is 4.28. The maximum Gasteiger partial charge on any atom is 0.306 e. The summed E-state index contributed by atoms with van der Waals surface area (Å²) in [5.74, 6) is -0.824. The monoisotopic (exact) mass is 1160 g/mol. The first kappa shape index (κ1) is 79.2. The number of carbonyl (C=O) groups excluding carboxylic acids is 2. The lowest BCUT2D eigenvalue weighted by molar-refractivity contribution is -0.870. The highest BCUT2D eigenvalue weighted by Crippen LogP contribution is 2.38. The SMILES string of the molecule is CCCCCCC/C=C\C/C=C\C/C=C\CCCCCCCCCCC(=O)OC(COC(=O)CCCCCCCCCCCCCCCCCCCCCCCCCCCCCCCCCCCC)COP(=O)([O-])OCC[N+](C)(C)C. The highest BCUT2D eigenvalue weighted by Gasteiger charge is 2.22. The van der Waals surface area contributed by atoms with Crippen LogP contribution >= 0.6 is 7.82 Å². The summed E-state index contributed by atoms with van der Waals surface area (Å²) in [7, 11) is 1.17. The number of unbranched alkanes of at least 4 members (excludes halogenated alkanes) is 46. The molecule has 10 heteroatoms. The molecule has 0 fully saturated rings. The van der Waals surface area contributed by atoms with Crippen molar-refractivity contribution in [2.45, 2.75) is 360 Å². The first-order valence-electron chi connectivity index (χ1n) is 35.2. The largest absolute Gasteiger partial charge is 0.756 e. The van der Waals surface area contributed by atoms with Crippen molar-refractivity contribution < 1.29 is 42.1 Å². The first-order chi connectivity index (χ1) is 39.5. The quantitative estimate of drug-likeness (QED) is 0.0195. The van der Waals surface area contributed by atoms with Gasteiger partial charge in [-0.05, 0) is 51.4 Å². The van der Waals surface area contributed by atoms with Crippen molar-refractivity contribution in [3.8, 4) is 0 Å². The molecule has 0 amide bonds. The molecule has 2 unspecified atom stereocenters. The Bertz CT molecular complexity index is 1460. The van der Waals surface area contributed by atoms with Crippen LogP contribution in [0.1, 0.15) is 354 Å². The van der Waals surface area contributed by atoms with Crippen LogP contribution in [0.15, 0.2) is 36.5 Å². The van der Waals surface area contributed by atoms with E-state index in [4.69, 9.17) is 18.5 Å². The fraction of sp³-hybridized carbons (Fsp3) is 0.887. The van der Waals surface area contributed by atoms with Crippen molar-refractivity contribution in [3.05, 3.63) is 36.5 Å². The van der Waals surface area contributed by atoms with Gasteiger partial charge in [-0.2, -0.15) is 0 Å². The van der Waals surface area contributed by atoms with Gasteiger partial charge in [0.2, 0.25) is 0 Å². The van der Waals surface area contributed by atoms with Crippen LogP contribution in [0.5, 0.6) is 0 Å². The number of allylic oxidation sites excluding steroid dienone is 6. The number of phosphoric acid groups is 1. The van der Waals surface area contributed by atoms with Crippen molar-refractivity contribution >= 4 is 19.8 Å². The molecule has 0 aliphatic heterocycles. The van der Waals surface area contributed by atoms with Crippen molar-refractivity contribution in [3.63, 3.8) is 0 Å². The second kappa shape index (κ2) is 62.8. The normalized spacial score (nSPS) is 13.3. The minimum absolute atomic E-state index is 0.0309. The van der Waals surface area contributed by atoms with Crippen molar-refractivity contribution in [1.82, 2.24) is 0 Å². The Balaban J connectivity index is 3.97. The van der Waals surface area contributed by atoms with Crippen LogP contribution in [0.25, 0.3) is 0 Å². The summed E-state index contributed by atoms with van der Waals surface area (Å²) >= 11 is 0. The molecule has 0 spiro atoms. The number of rotatable bonds is 66. The first-order valence-corrected chi connectivity index (χ1v) is 36.7. The van der Waals surface area contributed by atoms with E-state index in [0.29, 0.717) is 17.4 Å². The third-order valence-corrected chi connectivity index (χ3v) is 16.9. The maximum atomic E-state index is 12.8. The van der Waals surface area contributed by atoms with Gasteiger partial charge < -0.3 is 27.9 Å². The highest BCUT2D eigenvalue weighted by atomic mass is 31.2. The lowest BCUT2D eigenvalue weighted by Gasteiger charge is -2.28. The molecule has 0 rings (SSSR count). The standard InChI is InChI=1S/C71H136NO8P/c1-6-8-10-12-14-16-18-20-22-24-26-28-30-31-32-33-34-35-36-37-38-39-40-42-43-45-47-49-51-53-55-57-59-61-63-70(73)77-67-69(68-79-81(75,76)78-66-65-72(3,4)5)80-71(74)64-62-60-58-56-54-52-50-48-46-44-41-29-27-25-23-21-19-17-15-13-11-9-7-2/h19,21,25,27,41,44,69H,6-18,20,22-24,26,28-40,42-43,45-68H2,1-5H3/b21-19-,27-25-,44-41-. The van der Waals surface area contributed by atoms with Gasteiger partial charge in [0.15, 0.2) is 6.10 Å². The Kier molecular flexibility index (Phi) is 61.4. The Labute approximate surface area is 503 Å². The van der Waals surface area contributed by atoms with Crippen LogP contribution in [0.2, 0.25) is 0 Å². The Morgan fingerprint density at radius 1 is 0.383 bits per heavy atom. The lowest BCUT2D eigenvalue weighted by Crippen LogP contribution is -2.37. The zero-order valence-corrected chi connectivity index (χ0v) is 55.4. The van der Waals surface area contributed by atoms with Crippen molar-refractivity contribution in [2.75, 3.05) is 47.5 Å². The van der Waals surface area contributed by atoms with Crippen molar-refractivity contribution in [2.24, 2.45) is 0 Å². The van der Waals surface area contributed by atoms with E-state index in [1.54, 1.807) is 0 Å². The number of phosphoric ester groups is 1. The molecule has 0 bridgehead atoms. The van der Waals surface area contributed by atoms with Crippen LogP contribution < -0.4 is 4.89 Å². The molecule has 0 saturated heterocycles. The second-order valence-electron chi connectivity index (χ2n) is 25.3. The summed E-state index contributed by atoms with van der Waals surface area (Å²) < 4.78 is 34.3. The zero-order chi connectivity index (χ0) is 59.1. The van der Waals surface area contributed by atoms with E-state index in [1.165, 1.54) is 263 Å². The third kappa shape index (κ3) is 67.2. The minimum Gasteiger partial charge on any atom is -0.756 e. The van der Waals surface area contributed by atoms with Gasteiger partial charge >= 0.3 is 11.9 Å². The predicted molar refractivity (Wildman–Crippen MR) is 347 cm³/mol. The fourth-order valence-corrected chi connectivity index (χ4v) is 11.2. The minimum atomic E-state index is -4.64. The number of likely N-dealkylation sites (N-methyl/N-ethyl adjacent to an activating group) is 1. The second-order valence-corrected chi connectivity index (χ2v) is 26.7. The summed E-state index contributed by atoms with van der Waals surface area (Å²) in [6, 6.07) is 0. The molecule has 0 saturated carbocycles. The van der Waals surface area contributed by atoms with E-state index >= 15 is 0 Å². The molecule has 9 nitrogen and oxygen atoms in total. The summed E-state index contributed by atoms with van der Waals surface area (Å²) in [4.78, 5) is 38.0. The summed E-state index contributed by atoms with van der Waals surface area (Å²) in [5.41, 5.74) is 0. The van der Waals surface area contributed by atoms with E-state index in [-0.39, 0.29) is 32.0 Å². The maximum absolute atomic E-state index is 12.8. The predicted octanol–water partition coefficient (Wildman–Crippen LogP) is 22.0. The van der Waals surface area contributed by atoms with Gasteiger partial charge in [0, 0.05) is 12.8 Å². The topological polar surface area (TPSA) is 111 Å². The van der Waals surface area contributed by atoms with Gasteiger partial charge in [0.25, 0.3) is 7.82 Å². The zero-order valence-electron chi connectivity index (χ0n) is 54.5. The molecule has 0 N–H and O–H groups in total. The van der Waals surface area contributed by atoms with E-state index in [9.17, 15) is 19.0 Å². The molecule has 81 heavy (non-hydrogen) atoms. The number of esters is 2. The number of hydrogen-bond donors (Lipinski definition) is 0. The van der Waals surface area contributed by atoms with Crippen LogP contribution in [0, 0.1) is 0 Å². The number of carbonyl (C=O) groups is 2. The van der Waals surface area contributed by atoms with E-state index in [0.717, 1.165) is 57.8 Å². The van der Waals surface area contributed by atoms with Crippen LogP contribution in [0.4, 0.5) is 0 Å². The average Bonchev–Trinajstić information content (AvgIpc) is 3.43. The number of hydrogen-bond acceptors (Lipinski definition) is 8. The third-order valence-electron chi connectivity index (χ3n) is 15.9. The Hall–Kier alpha value is -1.77. The molecular weight excluding hydrogens is 1030 g/mol. The Morgan fingerprint density at radius 2 is 0.667 bits per heavy atom. The molecule has 0 aromatic heterocycles. The van der Waals surface area contributed by atoms with Gasteiger partial charge in [-0.25, -0.2) is 0 Å². The van der Waals surface area contributed by atoms with Gasteiger partial charge in [0.05, 0.1) is 27.7 Å². The summed E-state index contributed by atoms with van der Waals surface area (Å²) in [5, 5.41) is 0. The molecule has 0 aliphatic rings. The van der Waals surface area contributed by atoms with Crippen LogP contribution in [-0.4, -0.2) is 70.0 Å². The van der Waals surface area contributed by atoms with Crippen LogP contribution in [0.3, 0.4) is 0 Å². The molecule has 0 aliphatic carbocycles. The molecule has 0 aromatic rings. The Morgan fingerprint density at radius 3 is 0.988 bits per heavy atom. The van der Waals surface area contributed by atoms with Gasteiger partial charge in [0.1, 0.15) is 19.8 Å². The summed E-state index contributed by atoms with van der Waals surface area (Å²) in [6.07, 6.45) is 79.5. The average molecular weight is 1160 g/mol. The van der Waals surface area contributed by atoms with Gasteiger partial charge in [-0.1, -0.05) is 326 Å². The smallest absolute Gasteiger partial charge is 0.306 e. The highest BCUT2D eigenvalue weighted by molar-refractivity contribution is 7.45.